The van der Waals surface area contributed by atoms with Crippen LogP contribution in [0.5, 0.6) is 0 Å². The van der Waals surface area contributed by atoms with E-state index in [-0.39, 0.29) is 67.2 Å². The fraction of sp³-hybridized carbons (Fsp3) is 0. The summed E-state index contributed by atoms with van der Waals surface area (Å²) in [7, 11) is 0. The summed E-state index contributed by atoms with van der Waals surface area (Å²) >= 11 is 0. The van der Waals surface area contributed by atoms with Crippen molar-refractivity contribution in [3.05, 3.63) is 35.4 Å². The van der Waals surface area contributed by atoms with Gasteiger partial charge in [0.1, 0.15) is 46.3 Å². The summed E-state index contributed by atoms with van der Waals surface area (Å²) in [6.07, 6.45) is 2.87. The second-order valence-corrected chi connectivity index (χ2v) is 5.81. The third-order valence-electron chi connectivity index (χ3n) is 4.25. The molecular weight excluding hydrogens is 384 g/mol. The van der Waals surface area contributed by atoms with E-state index in [9.17, 15) is 21.0 Å². The summed E-state index contributed by atoms with van der Waals surface area (Å²) in [6.45, 7) is 0. The Morgan fingerprint density at radius 1 is 0.500 bits per heavy atom. The summed E-state index contributed by atoms with van der Waals surface area (Å²) in [4.78, 5) is 33.4. The van der Waals surface area contributed by atoms with Crippen molar-refractivity contribution in [3.8, 4) is 24.3 Å². The predicted molar refractivity (Wildman–Crippen MR) is 97.7 cm³/mol. The molecule has 4 heterocycles. The third-order valence-corrected chi connectivity index (χ3v) is 4.25. The molecule has 0 aliphatic carbocycles. The van der Waals surface area contributed by atoms with Gasteiger partial charge in [0.2, 0.25) is 11.6 Å². The van der Waals surface area contributed by atoms with E-state index >= 15 is 0 Å². The predicted octanol–water partition coefficient (Wildman–Crippen LogP) is 0.946. The summed E-state index contributed by atoms with van der Waals surface area (Å²) in [5.74, 6) is -0.548. The minimum atomic E-state index is -0.274. The van der Waals surface area contributed by atoms with Crippen molar-refractivity contribution in [2.45, 2.75) is 0 Å². The molecule has 0 radical (unpaired) electrons. The Morgan fingerprint density at radius 2 is 0.900 bits per heavy atom. The monoisotopic (exact) mass is 386 g/mol. The molecule has 0 unspecified atom stereocenters. The van der Waals surface area contributed by atoms with Crippen LogP contribution in [-0.4, -0.2) is 39.9 Å². The second-order valence-electron chi connectivity index (χ2n) is 5.81. The van der Waals surface area contributed by atoms with Crippen molar-refractivity contribution in [1.29, 1.82) is 21.0 Å². The van der Waals surface area contributed by atoms with Gasteiger partial charge in [0.15, 0.2) is 22.7 Å². The van der Waals surface area contributed by atoms with Crippen molar-refractivity contribution in [3.63, 3.8) is 0 Å². The number of aromatic nitrogens is 8. The Labute approximate surface area is 165 Å². The molecule has 0 saturated heterocycles. The first kappa shape index (κ1) is 16.7. The fourth-order valence-corrected chi connectivity index (χ4v) is 3.12. The van der Waals surface area contributed by atoms with Crippen LogP contribution in [0.4, 0.5) is 0 Å². The topological polar surface area (TPSA) is 198 Å². The zero-order chi connectivity index (χ0) is 20.8. The van der Waals surface area contributed by atoms with Crippen LogP contribution in [0.25, 0.3) is 44.1 Å². The maximum Gasteiger partial charge on any atom is 0.234 e. The Bertz CT molecular complexity index is 1620. The van der Waals surface area contributed by atoms with Gasteiger partial charge in [-0.1, -0.05) is 0 Å². The summed E-state index contributed by atoms with van der Waals surface area (Å²) < 4.78 is 0. The molecule has 0 amide bonds. The van der Waals surface area contributed by atoms with E-state index in [1.165, 1.54) is 12.4 Å². The van der Waals surface area contributed by atoms with Crippen molar-refractivity contribution in [1.82, 2.24) is 39.9 Å². The lowest BCUT2D eigenvalue weighted by Gasteiger charge is -2.10. The average molecular weight is 386 g/mol. The lowest BCUT2D eigenvalue weighted by atomic mass is 10.0. The standard InChI is InChI=1S/C18H2N12/c19-3-7-11-13(27-9(5-21)25-7)14-12(8(4-20)26-10(6-22)28-14)16-15(11)29-17-18(30-16)24-2-1-23-17/h1-2H. The summed E-state index contributed by atoms with van der Waals surface area (Å²) in [5, 5.41) is 38.2. The fourth-order valence-electron chi connectivity index (χ4n) is 3.12. The quantitative estimate of drug-likeness (QED) is 0.270. The minimum Gasteiger partial charge on any atom is -0.232 e. The molecule has 0 atom stereocenters. The number of benzene rings is 1. The average Bonchev–Trinajstić information content (AvgIpc) is 2.81. The smallest absolute Gasteiger partial charge is 0.232 e. The van der Waals surface area contributed by atoms with Gasteiger partial charge in [0, 0.05) is 12.4 Å². The molecule has 5 rings (SSSR count). The van der Waals surface area contributed by atoms with Gasteiger partial charge in [-0.2, -0.15) is 21.0 Å². The van der Waals surface area contributed by atoms with Crippen molar-refractivity contribution in [2.75, 3.05) is 0 Å². The van der Waals surface area contributed by atoms with Crippen molar-refractivity contribution in [2.24, 2.45) is 0 Å². The highest BCUT2D eigenvalue weighted by Gasteiger charge is 2.23. The van der Waals surface area contributed by atoms with E-state index in [0.717, 1.165) is 0 Å². The first-order chi connectivity index (χ1) is 14.7. The summed E-state index contributed by atoms with van der Waals surface area (Å²) in [6, 6.07) is 7.43. The molecule has 12 heteroatoms. The van der Waals surface area contributed by atoms with E-state index < -0.39 is 0 Å². The largest absolute Gasteiger partial charge is 0.234 e. The molecule has 12 nitrogen and oxygen atoms in total. The van der Waals surface area contributed by atoms with Gasteiger partial charge >= 0.3 is 0 Å². The third kappa shape index (κ3) is 2.16. The molecule has 0 bridgehead atoms. The molecule has 0 saturated carbocycles. The normalized spacial score (nSPS) is 10.5. The zero-order valence-electron chi connectivity index (χ0n) is 14.5. The molecule has 134 valence electrons. The molecule has 0 aliphatic heterocycles. The Hall–Kier alpha value is -5.46. The van der Waals surface area contributed by atoms with Gasteiger partial charge in [0.05, 0.1) is 10.8 Å². The lowest BCUT2D eigenvalue weighted by Crippen LogP contribution is -2.04. The molecular formula is C18H2N12. The van der Waals surface area contributed by atoms with Gasteiger partial charge in [0.25, 0.3) is 0 Å². The highest BCUT2D eigenvalue weighted by molar-refractivity contribution is 6.23. The first-order valence-electron chi connectivity index (χ1n) is 8.12. The highest BCUT2D eigenvalue weighted by Crippen LogP contribution is 2.34. The van der Waals surface area contributed by atoms with Crippen LogP contribution in [0.2, 0.25) is 0 Å². The molecule has 30 heavy (non-hydrogen) atoms. The van der Waals surface area contributed by atoms with Crippen LogP contribution in [0.15, 0.2) is 12.4 Å². The van der Waals surface area contributed by atoms with Crippen LogP contribution in [0, 0.1) is 45.3 Å². The number of fused-ring (bicyclic) bond motifs is 7. The first-order valence-corrected chi connectivity index (χ1v) is 8.12. The van der Waals surface area contributed by atoms with Gasteiger partial charge in [-0.3, -0.25) is 0 Å². The highest BCUT2D eigenvalue weighted by atomic mass is 15.0. The molecule has 0 N–H and O–H groups in total. The van der Waals surface area contributed by atoms with Gasteiger partial charge in [-0.15, -0.1) is 0 Å². The van der Waals surface area contributed by atoms with E-state index in [1.807, 2.05) is 12.1 Å². The Balaban J connectivity index is 2.22. The van der Waals surface area contributed by atoms with E-state index in [0.29, 0.717) is 0 Å². The van der Waals surface area contributed by atoms with Crippen molar-refractivity contribution < 1.29 is 0 Å². The van der Waals surface area contributed by atoms with Crippen LogP contribution < -0.4 is 0 Å². The Kier molecular flexibility index (Phi) is 3.35. The van der Waals surface area contributed by atoms with Gasteiger partial charge in [-0.05, 0) is 0 Å². The number of hydrogen-bond acceptors (Lipinski definition) is 12. The van der Waals surface area contributed by atoms with E-state index in [2.05, 4.69) is 39.9 Å². The molecule has 4 aromatic heterocycles. The van der Waals surface area contributed by atoms with Gasteiger partial charge < -0.3 is 0 Å². The molecule has 0 spiro atoms. The molecule has 0 fully saturated rings. The number of nitrogens with zero attached hydrogens (tertiary/aromatic N) is 12. The maximum atomic E-state index is 9.64. The van der Waals surface area contributed by atoms with E-state index in [4.69, 9.17) is 0 Å². The van der Waals surface area contributed by atoms with Crippen LogP contribution in [0.3, 0.4) is 0 Å². The Morgan fingerprint density at radius 3 is 1.27 bits per heavy atom. The zero-order valence-corrected chi connectivity index (χ0v) is 14.5. The van der Waals surface area contributed by atoms with E-state index in [1.54, 1.807) is 12.1 Å². The lowest BCUT2D eigenvalue weighted by molar-refractivity contribution is 1.12. The van der Waals surface area contributed by atoms with Crippen LogP contribution in [-0.2, 0) is 0 Å². The van der Waals surface area contributed by atoms with Crippen LogP contribution >= 0.6 is 0 Å². The van der Waals surface area contributed by atoms with Crippen LogP contribution in [0.1, 0.15) is 23.0 Å². The SMILES string of the molecule is N#Cc1nc(C#N)c2c(n1)c1nc(C#N)nc(C#N)c1c1nc3nccnc3nc12. The molecule has 1 aromatic carbocycles. The molecule has 0 aliphatic rings. The number of nitriles is 4. The summed E-state index contributed by atoms with van der Waals surface area (Å²) in [5.41, 5.74) is 0.655. The minimum absolute atomic E-state index is 0.0774. The maximum absolute atomic E-state index is 9.64. The van der Waals surface area contributed by atoms with Crippen molar-refractivity contribution >= 4 is 44.1 Å². The molecule has 5 aromatic rings. The number of rotatable bonds is 0. The second kappa shape index (κ2) is 6.03. The number of hydrogen-bond donors (Lipinski definition) is 0. The van der Waals surface area contributed by atoms with Gasteiger partial charge in [-0.25, -0.2) is 39.9 Å².